The van der Waals surface area contributed by atoms with Crippen LogP contribution in [0.4, 0.5) is 0 Å². The Morgan fingerprint density at radius 3 is 1.12 bits per heavy atom. The molecule has 0 saturated carbocycles. The van der Waals surface area contributed by atoms with Gasteiger partial charge in [-0.15, -0.1) is 0 Å². The van der Waals surface area contributed by atoms with E-state index in [4.69, 9.17) is 19.2 Å². The van der Waals surface area contributed by atoms with E-state index >= 15 is 0 Å². The maximum Gasteiger partial charge on any atom is 3.00 e. The molecule has 0 atom stereocenters. The first-order valence-electron chi connectivity index (χ1n) is 0.730. The largest absolute Gasteiger partial charge is 3.00 e. The van der Waals surface area contributed by atoms with Crippen molar-refractivity contribution < 1.29 is 36.3 Å². The minimum atomic E-state index is -5.39. The van der Waals surface area contributed by atoms with Gasteiger partial charge in [0.15, 0.2) is 0 Å². The van der Waals surface area contributed by atoms with Crippen LogP contribution in [0.15, 0.2) is 0 Å². The van der Waals surface area contributed by atoms with Crippen molar-refractivity contribution >= 4 is 61.3 Å². The molecule has 0 N–H and O–H groups in total. The standard InChI is InChI=1S/Bi.Fe.H3O4P.Pb/c;;1-5(2,3)4;/h;;(H3,1,2,3,4);/q+3;+2;;+2/p-3. The SMILES string of the molecule is O=P([O-])([O-])[O-].[Bi+3].[Fe+2].[Pb+2]. The molecule has 0 heterocycles. The van der Waals surface area contributed by atoms with Crippen LogP contribution in [0.1, 0.15) is 0 Å². The van der Waals surface area contributed by atoms with Crippen molar-refractivity contribution in [1.82, 2.24) is 0 Å². The van der Waals surface area contributed by atoms with Gasteiger partial charge in [0.1, 0.15) is 0 Å². The van der Waals surface area contributed by atoms with E-state index in [1.165, 1.54) is 0 Å². The Bertz CT molecular complexity index is 62.2. The van der Waals surface area contributed by atoms with E-state index in [2.05, 4.69) is 0 Å². The van der Waals surface area contributed by atoms with Gasteiger partial charge in [-0.2, -0.15) is 7.82 Å². The zero-order chi connectivity index (χ0) is 4.50. The molecule has 0 bridgehead atoms. The van der Waals surface area contributed by atoms with Crippen LogP contribution < -0.4 is 14.7 Å². The number of phosphoric acid groups is 1. The van der Waals surface area contributed by atoms with Crippen LogP contribution in [-0.4, -0.2) is 53.5 Å². The van der Waals surface area contributed by atoms with Gasteiger partial charge in [0.2, 0.25) is 0 Å². The van der Waals surface area contributed by atoms with Gasteiger partial charge in [-0.25, -0.2) is 0 Å². The van der Waals surface area contributed by atoms with Crippen molar-refractivity contribution in [1.29, 1.82) is 0 Å². The molecule has 0 aromatic rings. The van der Waals surface area contributed by atoms with Crippen molar-refractivity contribution in [3.05, 3.63) is 0 Å². The van der Waals surface area contributed by atoms with Crippen LogP contribution in [0.5, 0.6) is 0 Å². The molecule has 0 aromatic heterocycles. The quantitative estimate of drug-likeness (QED) is 0.224. The van der Waals surface area contributed by atoms with E-state index in [0.29, 0.717) is 0 Å². The van der Waals surface area contributed by atoms with E-state index in [1.54, 1.807) is 0 Å². The van der Waals surface area contributed by atoms with Crippen LogP contribution in [-0.2, 0) is 21.6 Å². The Hall–Kier alpha value is 2.43. The molecule has 0 aliphatic rings. The van der Waals surface area contributed by atoms with E-state index in [-0.39, 0.29) is 70.6 Å². The average Bonchev–Trinajstić information content (AvgIpc) is 0.722. The second-order valence-electron chi connectivity index (χ2n) is 0.447. The van der Waals surface area contributed by atoms with Gasteiger partial charge in [-0.05, 0) is 0 Å². The molecule has 0 aromatic carbocycles. The number of hydrogen-bond acceptors (Lipinski definition) is 4. The minimum absolute atomic E-state index is 0. The first-order valence-corrected chi connectivity index (χ1v) is 2.19. The van der Waals surface area contributed by atoms with Gasteiger partial charge in [-0.1, -0.05) is 0 Å². The molecule has 0 aliphatic heterocycles. The van der Waals surface area contributed by atoms with Gasteiger partial charge in [-0.3, -0.25) is 0 Å². The maximum absolute atomic E-state index is 8.55. The fraction of sp³-hybridized carbons (Fsp3) is 0. The smallest absolute Gasteiger partial charge is 0.822 e. The Labute approximate surface area is 96.4 Å². The van der Waals surface area contributed by atoms with Gasteiger partial charge in [0, 0.05) is 0 Å². The molecule has 0 amide bonds. The first-order chi connectivity index (χ1) is 2.00. The number of rotatable bonds is 0. The summed E-state index contributed by atoms with van der Waals surface area (Å²) in [6.45, 7) is 0. The third-order valence-electron chi connectivity index (χ3n) is 0. The molecule has 0 saturated heterocycles. The average molecular weight is 567 g/mol. The molecule has 0 spiro atoms. The van der Waals surface area contributed by atoms with E-state index in [1.807, 2.05) is 0 Å². The van der Waals surface area contributed by atoms with Gasteiger partial charge < -0.3 is 19.2 Å². The third kappa shape index (κ3) is 78.7. The predicted molar refractivity (Wildman–Crippen MR) is 19.1 cm³/mol. The minimum Gasteiger partial charge on any atom is -0.822 e. The molecule has 0 fully saturated rings. The van der Waals surface area contributed by atoms with Crippen molar-refractivity contribution in [2.24, 2.45) is 0 Å². The molecule has 4 radical (unpaired) electrons. The summed E-state index contributed by atoms with van der Waals surface area (Å²) >= 11 is 0. The normalized spacial score (nSPS) is 7.38. The fourth-order valence-electron chi connectivity index (χ4n) is 0. The maximum atomic E-state index is 8.55. The Kier molecular flexibility index (Phi) is 26.5. The van der Waals surface area contributed by atoms with Crippen LogP contribution in [0.3, 0.4) is 0 Å². The van der Waals surface area contributed by atoms with Gasteiger partial charge in [0.25, 0.3) is 0 Å². The molecule has 42 valence electrons. The molecule has 4 nitrogen and oxygen atoms in total. The van der Waals surface area contributed by atoms with Crippen LogP contribution in [0.2, 0.25) is 0 Å². The first kappa shape index (κ1) is 22.4. The van der Waals surface area contributed by atoms with Gasteiger partial charge in [0.05, 0.1) is 0 Å². The Morgan fingerprint density at radius 1 is 1.12 bits per heavy atom. The van der Waals surface area contributed by atoms with Crippen LogP contribution in [0, 0.1) is 0 Å². The molecular formula is BiFeO4PPb+4. The summed E-state index contributed by atoms with van der Waals surface area (Å²) in [5.74, 6) is 0. The third-order valence-corrected chi connectivity index (χ3v) is 0. The van der Waals surface area contributed by atoms with E-state index < -0.39 is 7.82 Å². The molecular weight excluding hydrogens is 567 g/mol. The topological polar surface area (TPSA) is 86.2 Å². The summed E-state index contributed by atoms with van der Waals surface area (Å²) < 4.78 is 8.55. The van der Waals surface area contributed by atoms with Gasteiger partial charge >= 0.3 is 70.6 Å². The zero-order valence-electron chi connectivity index (χ0n) is 3.38. The summed E-state index contributed by atoms with van der Waals surface area (Å²) in [5.41, 5.74) is 0. The summed E-state index contributed by atoms with van der Waals surface area (Å²) in [7, 11) is -5.39. The van der Waals surface area contributed by atoms with E-state index in [0.717, 1.165) is 0 Å². The van der Waals surface area contributed by atoms with E-state index in [9.17, 15) is 0 Å². The van der Waals surface area contributed by atoms with Crippen molar-refractivity contribution in [3.8, 4) is 0 Å². The molecule has 0 rings (SSSR count). The zero-order valence-corrected chi connectivity index (χ0v) is 12.7. The van der Waals surface area contributed by atoms with Crippen LogP contribution in [0.25, 0.3) is 0 Å². The molecule has 8 heteroatoms. The monoisotopic (exact) mass is 568 g/mol. The van der Waals surface area contributed by atoms with Crippen LogP contribution >= 0.6 is 7.82 Å². The van der Waals surface area contributed by atoms with Crippen molar-refractivity contribution in [2.45, 2.75) is 0 Å². The van der Waals surface area contributed by atoms with Crippen molar-refractivity contribution in [3.63, 3.8) is 0 Å². The molecule has 0 aliphatic carbocycles. The van der Waals surface area contributed by atoms with Crippen molar-refractivity contribution in [2.75, 3.05) is 0 Å². The second kappa shape index (κ2) is 9.43. The number of hydrogen-bond donors (Lipinski definition) is 0. The summed E-state index contributed by atoms with van der Waals surface area (Å²) in [5, 5.41) is 0. The summed E-state index contributed by atoms with van der Waals surface area (Å²) in [6.07, 6.45) is 0. The fourth-order valence-corrected chi connectivity index (χ4v) is 0. The Balaban J connectivity index is -0.0000000267. The molecule has 8 heavy (non-hydrogen) atoms. The Morgan fingerprint density at radius 2 is 1.12 bits per heavy atom. The second-order valence-corrected chi connectivity index (χ2v) is 1.34. The molecule has 0 unspecified atom stereocenters. The predicted octanol–water partition coefficient (Wildman–Crippen LogP) is -3.59. The summed E-state index contributed by atoms with van der Waals surface area (Å²) in [4.78, 5) is 25.6. The summed E-state index contributed by atoms with van der Waals surface area (Å²) in [6, 6.07) is 0.